The molecule has 14 rings (SSSR count). The Labute approximate surface area is 378 Å². The molecule has 0 aliphatic carbocycles. The normalized spacial score (nSPS) is 12.0. The van der Waals surface area contributed by atoms with Crippen LogP contribution in [0.2, 0.25) is 0 Å². The molecule has 0 radical (unpaired) electrons. The molecule has 0 atom stereocenters. The second-order valence-electron chi connectivity index (χ2n) is 17.2. The van der Waals surface area contributed by atoms with Gasteiger partial charge in [0.15, 0.2) is 0 Å². The summed E-state index contributed by atoms with van der Waals surface area (Å²) >= 11 is 1.89. The first kappa shape index (κ1) is 36.3. The Morgan fingerprint density at radius 1 is 0.323 bits per heavy atom. The molecule has 3 heteroatoms. The second kappa shape index (κ2) is 14.1. The number of para-hydroxylation sites is 2. The SMILES string of the molecule is c1ccc(-c2ccccc2-c2ccc(-c3cccc4c3sc3ccc(-c5ccc6c(c5)c5ccccc5n6-c5ccc6cc7c(ccc8oc9ccccc9c87)cc6c5)cc34)cc2)cc1. The van der Waals surface area contributed by atoms with Crippen molar-refractivity contribution >= 4 is 96.8 Å². The van der Waals surface area contributed by atoms with Crippen LogP contribution in [0.3, 0.4) is 0 Å². The third-order valence-corrected chi connectivity index (χ3v) is 14.8. The third kappa shape index (κ3) is 5.66. The van der Waals surface area contributed by atoms with Crippen molar-refractivity contribution in [1.29, 1.82) is 0 Å². The number of aromatic nitrogens is 1. The van der Waals surface area contributed by atoms with Crippen molar-refractivity contribution in [2.75, 3.05) is 0 Å². The van der Waals surface area contributed by atoms with E-state index in [-0.39, 0.29) is 0 Å². The Morgan fingerprint density at radius 2 is 0.954 bits per heavy atom. The van der Waals surface area contributed by atoms with Crippen LogP contribution in [0.4, 0.5) is 0 Å². The van der Waals surface area contributed by atoms with Gasteiger partial charge in [-0.15, -0.1) is 11.3 Å². The van der Waals surface area contributed by atoms with Crippen molar-refractivity contribution in [2.45, 2.75) is 0 Å². The van der Waals surface area contributed by atoms with Crippen molar-refractivity contribution in [3.63, 3.8) is 0 Å². The predicted octanol–water partition coefficient (Wildman–Crippen LogP) is 18.0. The third-order valence-electron chi connectivity index (χ3n) is 13.6. The maximum Gasteiger partial charge on any atom is 0.136 e. The number of hydrogen-bond donors (Lipinski definition) is 0. The fraction of sp³-hybridized carbons (Fsp3) is 0. The number of nitrogens with zero attached hydrogens (tertiary/aromatic N) is 1. The highest BCUT2D eigenvalue weighted by Gasteiger charge is 2.17. The highest BCUT2D eigenvalue weighted by molar-refractivity contribution is 7.26. The van der Waals surface area contributed by atoms with Gasteiger partial charge in [-0.25, -0.2) is 0 Å². The zero-order valence-electron chi connectivity index (χ0n) is 35.1. The number of rotatable bonds is 5. The van der Waals surface area contributed by atoms with Gasteiger partial charge >= 0.3 is 0 Å². The summed E-state index contributed by atoms with van der Waals surface area (Å²) in [5, 5.41) is 12.3. The number of benzene rings is 11. The van der Waals surface area contributed by atoms with Crippen LogP contribution in [0, 0.1) is 0 Å². The van der Waals surface area contributed by atoms with E-state index in [1.807, 2.05) is 17.4 Å². The molecule has 0 saturated carbocycles. The zero-order valence-corrected chi connectivity index (χ0v) is 35.9. The fourth-order valence-corrected chi connectivity index (χ4v) is 11.7. The van der Waals surface area contributed by atoms with Crippen molar-refractivity contribution in [3.05, 3.63) is 224 Å². The van der Waals surface area contributed by atoms with E-state index < -0.39 is 0 Å². The summed E-state index contributed by atoms with van der Waals surface area (Å²) in [6.07, 6.45) is 0. The molecule has 0 saturated heterocycles. The zero-order chi connectivity index (χ0) is 42.6. The molecule has 65 heavy (non-hydrogen) atoms. The minimum Gasteiger partial charge on any atom is -0.456 e. The number of furan rings is 1. The highest BCUT2D eigenvalue weighted by Crippen LogP contribution is 2.44. The van der Waals surface area contributed by atoms with Gasteiger partial charge < -0.3 is 8.98 Å². The van der Waals surface area contributed by atoms with E-state index in [9.17, 15) is 0 Å². The second-order valence-corrected chi connectivity index (χ2v) is 18.3. The first-order valence-corrected chi connectivity index (χ1v) is 23.0. The Morgan fingerprint density at radius 3 is 1.80 bits per heavy atom. The summed E-state index contributed by atoms with van der Waals surface area (Å²) < 4.78 is 11.3. The molecule has 0 bridgehead atoms. The topological polar surface area (TPSA) is 18.1 Å². The van der Waals surface area contributed by atoms with E-state index in [4.69, 9.17) is 4.42 Å². The van der Waals surface area contributed by atoms with Gasteiger partial charge in [-0.3, -0.25) is 0 Å². The summed E-state index contributed by atoms with van der Waals surface area (Å²) in [5.41, 5.74) is 15.3. The Hall–Kier alpha value is -8.24. The van der Waals surface area contributed by atoms with Gasteiger partial charge in [0.2, 0.25) is 0 Å². The first-order chi connectivity index (χ1) is 32.2. The van der Waals surface area contributed by atoms with E-state index in [1.165, 1.54) is 113 Å². The molecule has 0 fully saturated rings. The van der Waals surface area contributed by atoms with Gasteiger partial charge in [0.25, 0.3) is 0 Å². The molecule has 302 valence electrons. The lowest BCUT2D eigenvalue weighted by atomic mass is 9.93. The van der Waals surface area contributed by atoms with Crippen LogP contribution in [-0.4, -0.2) is 4.57 Å². The molecule has 3 heterocycles. The van der Waals surface area contributed by atoms with Gasteiger partial charge in [0, 0.05) is 47.4 Å². The van der Waals surface area contributed by atoms with Crippen molar-refractivity contribution < 1.29 is 4.42 Å². The van der Waals surface area contributed by atoms with Gasteiger partial charge in [0.05, 0.1) is 11.0 Å². The van der Waals surface area contributed by atoms with Gasteiger partial charge in [0.1, 0.15) is 11.2 Å². The van der Waals surface area contributed by atoms with Crippen LogP contribution >= 0.6 is 11.3 Å². The Balaban J connectivity index is 0.837. The molecule has 0 amide bonds. The molecule has 2 nitrogen and oxygen atoms in total. The highest BCUT2D eigenvalue weighted by atomic mass is 32.1. The summed E-state index contributed by atoms with van der Waals surface area (Å²) in [6, 6.07) is 82.3. The molecule has 0 aliphatic rings. The van der Waals surface area contributed by atoms with Crippen LogP contribution in [0.15, 0.2) is 229 Å². The standard InChI is InChI=1S/C62H37NOS/c1-2-11-38(12-3-1)47-13-4-5-14-48(47)39-21-23-40(24-22-39)49-17-10-18-51-55-37-42(28-32-60(55)65-62(49)51)41-26-30-57-54(36-41)50-15-6-8-19-56(50)63(57)46-29-25-43-35-53-44(33-45(43)34-46)27-31-59-61(53)52-16-7-9-20-58(52)64-59/h1-37H. The van der Waals surface area contributed by atoms with E-state index in [2.05, 4.69) is 223 Å². The van der Waals surface area contributed by atoms with E-state index in [0.29, 0.717) is 0 Å². The summed E-state index contributed by atoms with van der Waals surface area (Å²) in [5.74, 6) is 0. The first-order valence-electron chi connectivity index (χ1n) is 22.2. The smallest absolute Gasteiger partial charge is 0.136 e. The lowest BCUT2D eigenvalue weighted by molar-refractivity contribution is 0.669. The maximum absolute atomic E-state index is 6.23. The number of hydrogen-bond acceptors (Lipinski definition) is 2. The van der Waals surface area contributed by atoms with Crippen LogP contribution in [0.25, 0.3) is 136 Å². The largest absolute Gasteiger partial charge is 0.456 e. The molecule has 0 spiro atoms. The Bertz CT molecular complexity index is 4230. The molecule has 0 aliphatic heterocycles. The quantitative estimate of drug-likeness (QED) is 0.158. The summed E-state index contributed by atoms with van der Waals surface area (Å²) in [6.45, 7) is 0. The molecular weight excluding hydrogens is 807 g/mol. The van der Waals surface area contributed by atoms with Gasteiger partial charge in [-0.2, -0.15) is 0 Å². The van der Waals surface area contributed by atoms with Gasteiger partial charge in [-0.1, -0.05) is 158 Å². The minimum absolute atomic E-state index is 0.925. The average molecular weight is 844 g/mol. The summed E-state index contributed by atoms with van der Waals surface area (Å²) in [7, 11) is 0. The molecule has 0 unspecified atom stereocenters. The predicted molar refractivity (Wildman–Crippen MR) is 278 cm³/mol. The molecular formula is C62H37NOS. The van der Waals surface area contributed by atoms with E-state index in [0.717, 1.165) is 22.2 Å². The molecule has 11 aromatic carbocycles. The monoisotopic (exact) mass is 843 g/mol. The Kier molecular flexibility index (Phi) is 7.89. The van der Waals surface area contributed by atoms with Crippen LogP contribution in [-0.2, 0) is 0 Å². The van der Waals surface area contributed by atoms with Crippen molar-refractivity contribution in [1.82, 2.24) is 4.57 Å². The minimum atomic E-state index is 0.925. The van der Waals surface area contributed by atoms with Crippen LogP contribution in [0.1, 0.15) is 0 Å². The van der Waals surface area contributed by atoms with E-state index >= 15 is 0 Å². The van der Waals surface area contributed by atoms with E-state index in [1.54, 1.807) is 0 Å². The van der Waals surface area contributed by atoms with Gasteiger partial charge in [-0.05, 0) is 133 Å². The fourth-order valence-electron chi connectivity index (χ4n) is 10.5. The molecule has 0 N–H and O–H groups in total. The average Bonchev–Trinajstić information content (AvgIpc) is 4.05. The lowest BCUT2D eigenvalue weighted by Crippen LogP contribution is -1.94. The maximum atomic E-state index is 6.23. The van der Waals surface area contributed by atoms with Crippen LogP contribution < -0.4 is 0 Å². The van der Waals surface area contributed by atoms with Crippen molar-refractivity contribution in [2.24, 2.45) is 0 Å². The van der Waals surface area contributed by atoms with Crippen molar-refractivity contribution in [3.8, 4) is 50.2 Å². The number of thiophene rings is 1. The molecule has 3 aromatic heterocycles. The van der Waals surface area contributed by atoms with Crippen LogP contribution in [0.5, 0.6) is 0 Å². The molecule has 14 aromatic rings. The lowest BCUT2D eigenvalue weighted by Gasteiger charge is -2.11. The summed E-state index contributed by atoms with van der Waals surface area (Å²) in [4.78, 5) is 0. The number of fused-ring (bicyclic) bond motifs is 12.